The third kappa shape index (κ3) is 13.1. The fourth-order valence-electron chi connectivity index (χ4n) is 3.31. The van der Waals surface area contributed by atoms with Crippen molar-refractivity contribution in [1.82, 2.24) is 0 Å². The summed E-state index contributed by atoms with van der Waals surface area (Å²) in [5.41, 5.74) is 0. The first kappa shape index (κ1) is 32.1. The number of carbonyl (C=O) groups excluding carboxylic acids is 3. The summed E-state index contributed by atoms with van der Waals surface area (Å²) in [6.45, 7) is 1.72. The molecule has 0 saturated carbocycles. The molecular formula is C21H32F6O7. The summed E-state index contributed by atoms with van der Waals surface area (Å²) < 4.78 is 96.8. The van der Waals surface area contributed by atoms with Crippen molar-refractivity contribution >= 4 is 17.7 Å². The number of ether oxygens (including phenoxy) is 4. The number of esters is 2. The van der Waals surface area contributed by atoms with Gasteiger partial charge in [0.05, 0.1) is 0 Å². The Morgan fingerprint density at radius 2 is 0.971 bits per heavy atom. The minimum Gasteiger partial charge on any atom is -0.450 e. The zero-order chi connectivity index (χ0) is 26.5. The zero-order valence-corrected chi connectivity index (χ0v) is 19.6. The molecule has 0 amide bonds. The molecule has 0 aliphatic carbocycles. The largest absolute Gasteiger partial charge is 0.450 e. The summed E-state index contributed by atoms with van der Waals surface area (Å²) in [6.07, 6.45) is -16.3. The van der Waals surface area contributed by atoms with E-state index in [4.69, 9.17) is 9.47 Å². The maximum absolute atomic E-state index is 13.1. The van der Waals surface area contributed by atoms with Gasteiger partial charge in [-0.3, -0.25) is 14.4 Å². The summed E-state index contributed by atoms with van der Waals surface area (Å²) in [5.74, 6) is -2.38. The van der Waals surface area contributed by atoms with E-state index in [1.54, 1.807) is 0 Å². The van der Waals surface area contributed by atoms with Crippen molar-refractivity contribution in [2.75, 3.05) is 14.2 Å². The van der Waals surface area contributed by atoms with Crippen LogP contribution in [0.1, 0.15) is 65.2 Å². The van der Waals surface area contributed by atoms with Crippen molar-refractivity contribution in [3.05, 3.63) is 0 Å². The number of ketones is 1. The quantitative estimate of drug-likeness (QED) is 0.169. The fraction of sp³-hybridized carbons (Fsp3) is 0.857. The summed E-state index contributed by atoms with van der Waals surface area (Å²) in [4.78, 5) is 33.9. The summed E-state index contributed by atoms with van der Waals surface area (Å²) >= 11 is 0. The molecule has 7 nitrogen and oxygen atoms in total. The number of carbonyl (C=O) groups is 3. The van der Waals surface area contributed by atoms with Crippen molar-refractivity contribution in [2.45, 2.75) is 102 Å². The Labute approximate surface area is 194 Å². The van der Waals surface area contributed by atoms with E-state index in [0.29, 0.717) is 0 Å². The summed E-state index contributed by atoms with van der Waals surface area (Å²) in [6, 6.07) is 0. The lowest BCUT2D eigenvalue weighted by atomic mass is 10.0. The highest BCUT2D eigenvalue weighted by atomic mass is 19.4. The molecule has 0 aliphatic rings. The number of alkyl halides is 6. The fourth-order valence-corrected chi connectivity index (χ4v) is 3.31. The molecule has 0 aromatic rings. The van der Waals surface area contributed by atoms with Crippen LogP contribution in [0.4, 0.5) is 26.3 Å². The highest BCUT2D eigenvalue weighted by Crippen LogP contribution is 2.30. The number of hydrogen-bond donors (Lipinski definition) is 0. The van der Waals surface area contributed by atoms with E-state index >= 15 is 0 Å². The zero-order valence-electron chi connectivity index (χ0n) is 19.6. The lowest BCUT2D eigenvalue weighted by molar-refractivity contribution is -0.246. The van der Waals surface area contributed by atoms with E-state index in [1.807, 2.05) is 0 Å². The molecule has 13 heteroatoms. The number of halogens is 6. The molecule has 0 aliphatic heterocycles. The monoisotopic (exact) mass is 510 g/mol. The van der Waals surface area contributed by atoms with Crippen molar-refractivity contribution in [3.63, 3.8) is 0 Å². The van der Waals surface area contributed by atoms with E-state index in [9.17, 15) is 40.7 Å². The van der Waals surface area contributed by atoms with Gasteiger partial charge in [-0.25, -0.2) is 0 Å². The normalized spacial score (nSPS) is 15.8. The number of unbranched alkanes of at least 4 members (excludes halogenated alkanes) is 2. The Balaban J connectivity index is 4.45. The summed E-state index contributed by atoms with van der Waals surface area (Å²) in [7, 11) is 2.13. The Hall–Kier alpha value is -1.89. The van der Waals surface area contributed by atoms with Crippen LogP contribution in [0, 0.1) is 0 Å². The molecule has 200 valence electrons. The highest BCUT2D eigenvalue weighted by molar-refractivity contribution is 5.78. The molecule has 0 aromatic carbocycles. The van der Waals surface area contributed by atoms with Gasteiger partial charge < -0.3 is 18.9 Å². The van der Waals surface area contributed by atoms with Crippen LogP contribution in [-0.4, -0.2) is 68.7 Å². The van der Waals surface area contributed by atoms with Gasteiger partial charge in [0, 0.05) is 40.9 Å². The predicted molar refractivity (Wildman–Crippen MR) is 107 cm³/mol. The minimum atomic E-state index is -4.80. The lowest BCUT2D eigenvalue weighted by Gasteiger charge is -2.27. The van der Waals surface area contributed by atoms with Crippen molar-refractivity contribution < 1.29 is 59.7 Å². The van der Waals surface area contributed by atoms with E-state index < -0.39 is 48.7 Å². The van der Waals surface area contributed by atoms with Crippen molar-refractivity contribution in [3.8, 4) is 0 Å². The van der Waals surface area contributed by atoms with Gasteiger partial charge in [0.15, 0.2) is 0 Å². The standard InChI is InChI=1S/C21H32F6O7/c1-13(28)33-18(20(22,23)24)16(31-3)11-7-5-9-15(30)10-6-8-12-17(32-4)19(21(25,26)27)34-14(2)29/h16-19H,5-12H2,1-4H3/t16-,17-,18?,19?/m0/s1. The van der Waals surface area contributed by atoms with Crippen LogP contribution in [0.2, 0.25) is 0 Å². The Morgan fingerprint density at radius 3 is 1.21 bits per heavy atom. The third-order valence-corrected chi connectivity index (χ3v) is 4.90. The maximum Gasteiger partial charge on any atom is 0.428 e. The molecular weight excluding hydrogens is 478 g/mol. The molecule has 0 radical (unpaired) electrons. The van der Waals surface area contributed by atoms with Crippen LogP contribution in [0.15, 0.2) is 0 Å². The predicted octanol–water partition coefficient (Wildman–Crippen LogP) is 4.69. The summed E-state index contributed by atoms with van der Waals surface area (Å²) in [5, 5.41) is 0. The Morgan fingerprint density at radius 1 is 0.647 bits per heavy atom. The van der Waals surface area contributed by atoms with E-state index in [1.165, 1.54) is 0 Å². The van der Waals surface area contributed by atoms with Crippen LogP contribution in [-0.2, 0) is 33.3 Å². The third-order valence-electron chi connectivity index (χ3n) is 4.90. The van der Waals surface area contributed by atoms with Crippen LogP contribution in [0.5, 0.6) is 0 Å². The van der Waals surface area contributed by atoms with Crippen LogP contribution in [0.3, 0.4) is 0 Å². The first-order chi connectivity index (χ1) is 15.6. The highest BCUT2D eigenvalue weighted by Gasteiger charge is 2.48. The smallest absolute Gasteiger partial charge is 0.428 e. The molecule has 4 atom stereocenters. The van der Waals surface area contributed by atoms with E-state index in [-0.39, 0.29) is 57.1 Å². The molecule has 0 saturated heterocycles. The Bertz CT molecular complexity index is 584. The van der Waals surface area contributed by atoms with Crippen molar-refractivity contribution in [1.29, 1.82) is 0 Å². The number of Topliss-reactive ketones (excluding diaryl/α,β-unsaturated/α-hetero) is 1. The van der Waals surface area contributed by atoms with Crippen LogP contribution < -0.4 is 0 Å². The van der Waals surface area contributed by atoms with Gasteiger partial charge >= 0.3 is 24.3 Å². The first-order valence-electron chi connectivity index (χ1n) is 10.7. The first-order valence-corrected chi connectivity index (χ1v) is 10.7. The van der Waals surface area contributed by atoms with Gasteiger partial charge in [0.1, 0.15) is 18.0 Å². The molecule has 0 bridgehead atoms. The van der Waals surface area contributed by atoms with Gasteiger partial charge in [0.2, 0.25) is 12.2 Å². The lowest BCUT2D eigenvalue weighted by Crippen LogP contribution is -2.44. The van der Waals surface area contributed by atoms with Crippen LogP contribution in [0.25, 0.3) is 0 Å². The second-order valence-electron chi connectivity index (χ2n) is 7.72. The average molecular weight is 510 g/mol. The molecule has 0 N–H and O–H groups in total. The number of methoxy groups -OCH3 is 2. The van der Waals surface area contributed by atoms with E-state index in [0.717, 1.165) is 28.1 Å². The van der Waals surface area contributed by atoms with Gasteiger partial charge in [-0.1, -0.05) is 12.8 Å². The second-order valence-corrected chi connectivity index (χ2v) is 7.72. The van der Waals surface area contributed by atoms with Gasteiger partial charge in [-0.05, 0) is 25.7 Å². The molecule has 34 heavy (non-hydrogen) atoms. The molecule has 0 rings (SSSR count). The molecule has 0 spiro atoms. The van der Waals surface area contributed by atoms with Gasteiger partial charge in [0.25, 0.3) is 0 Å². The average Bonchev–Trinajstić information content (AvgIpc) is 2.69. The van der Waals surface area contributed by atoms with Crippen molar-refractivity contribution in [2.24, 2.45) is 0 Å². The number of hydrogen-bond acceptors (Lipinski definition) is 7. The SMILES string of the molecule is CO[C@@H](CCCCC(=O)CCCC[C@H](OC)C(OC(C)=O)C(F)(F)F)C(OC(C)=O)C(F)(F)F. The Kier molecular flexibility index (Phi) is 14.3. The molecule has 2 unspecified atom stereocenters. The number of rotatable bonds is 16. The van der Waals surface area contributed by atoms with E-state index in [2.05, 4.69) is 9.47 Å². The minimum absolute atomic E-state index is 0.0764. The van der Waals surface area contributed by atoms with Crippen LogP contribution >= 0.6 is 0 Å². The molecule has 0 aromatic heterocycles. The topological polar surface area (TPSA) is 88.1 Å². The van der Waals surface area contributed by atoms with Gasteiger partial charge in [-0.15, -0.1) is 0 Å². The second kappa shape index (κ2) is 15.2. The molecule has 0 heterocycles. The molecule has 0 fully saturated rings. The van der Waals surface area contributed by atoms with Gasteiger partial charge in [-0.2, -0.15) is 26.3 Å². The maximum atomic E-state index is 13.1.